The number of nitrogens with zero attached hydrogens (tertiary/aromatic N) is 1. The van der Waals surface area contributed by atoms with Crippen LogP contribution in [0.5, 0.6) is 0 Å². The maximum Gasteiger partial charge on any atom is 0.273 e. The average Bonchev–Trinajstić information content (AvgIpc) is 2.82. The first kappa shape index (κ1) is 14.7. The van der Waals surface area contributed by atoms with E-state index in [0.717, 1.165) is 19.3 Å². The van der Waals surface area contributed by atoms with Crippen LogP contribution in [-0.2, 0) is 0 Å². The number of nitrogens with two attached hydrogens (primary N) is 1. The lowest BCUT2D eigenvalue weighted by atomic mass is 10.1. The van der Waals surface area contributed by atoms with Crippen molar-refractivity contribution in [3.05, 3.63) is 17.8 Å². The molecule has 1 atom stereocenters. The summed E-state index contributed by atoms with van der Waals surface area (Å²) in [6, 6.07) is -0.272. The van der Waals surface area contributed by atoms with Gasteiger partial charge in [0.15, 0.2) is 5.69 Å². The summed E-state index contributed by atoms with van der Waals surface area (Å²) in [5.74, 6) is 0.449. The highest BCUT2D eigenvalue weighted by atomic mass is 16.3. The van der Waals surface area contributed by atoms with Crippen molar-refractivity contribution in [2.45, 2.75) is 46.1 Å². The number of carbonyl (C=O) groups is 1. The predicted octanol–water partition coefficient (Wildman–Crippen LogP) is 2.25. The molecular formula is C13H23N3O2. The molecule has 0 spiro atoms. The van der Waals surface area contributed by atoms with Crippen molar-refractivity contribution in [2.24, 2.45) is 11.7 Å². The Labute approximate surface area is 108 Å². The molecule has 0 aliphatic carbocycles. The maximum absolute atomic E-state index is 11.7. The van der Waals surface area contributed by atoms with Gasteiger partial charge < -0.3 is 15.5 Å². The van der Waals surface area contributed by atoms with E-state index in [1.165, 1.54) is 6.26 Å². The normalized spacial score (nSPS) is 12.7. The first-order valence-electron chi connectivity index (χ1n) is 6.55. The summed E-state index contributed by atoms with van der Waals surface area (Å²) in [6.07, 6.45) is 4.60. The Morgan fingerprint density at radius 1 is 1.50 bits per heavy atom. The summed E-state index contributed by atoms with van der Waals surface area (Å²) >= 11 is 0. The Morgan fingerprint density at radius 3 is 2.83 bits per heavy atom. The van der Waals surface area contributed by atoms with Gasteiger partial charge in [-0.05, 0) is 12.3 Å². The van der Waals surface area contributed by atoms with Crippen LogP contribution in [0.4, 0.5) is 0 Å². The van der Waals surface area contributed by atoms with E-state index in [0.29, 0.717) is 18.1 Å². The van der Waals surface area contributed by atoms with E-state index < -0.39 is 0 Å². The highest BCUT2D eigenvalue weighted by Crippen LogP contribution is 2.17. The van der Waals surface area contributed by atoms with Crippen molar-refractivity contribution in [3.8, 4) is 0 Å². The number of hydrogen-bond acceptors (Lipinski definition) is 4. The second kappa shape index (κ2) is 7.16. The summed E-state index contributed by atoms with van der Waals surface area (Å²) in [5, 5.41) is 2.81. The Bertz CT molecular complexity index is 374. The van der Waals surface area contributed by atoms with Crippen molar-refractivity contribution < 1.29 is 9.21 Å². The first-order chi connectivity index (χ1) is 8.56. The molecule has 0 saturated carbocycles. The third-order valence-corrected chi connectivity index (χ3v) is 2.82. The van der Waals surface area contributed by atoms with E-state index in [2.05, 4.69) is 17.2 Å². The van der Waals surface area contributed by atoms with Gasteiger partial charge in [0.05, 0.1) is 6.04 Å². The largest absolute Gasteiger partial charge is 0.446 e. The lowest BCUT2D eigenvalue weighted by Gasteiger charge is -2.10. The molecule has 3 N–H and O–H groups in total. The molecule has 1 amide bonds. The van der Waals surface area contributed by atoms with Gasteiger partial charge in [-0.25, -0.2) is 4.98 Å². The van der Waals surface area contributed by atoms with Crippen LogP contribution in [-0.4, -0.2) is 17.4 Å². The third-order valence-electron chi connectivity index (χ3n) is 2.82. The Balaban J connectivity index is 2.49. The van der Waals surface area contributed by atoms with Crippen LogP contribution in [0.1, 0.15) is 62.5 Å². The fraction of sp³-hybridized carbons (Fsp3) is 0.692. The Hall–Kier alpha value is -1.36. The highest BCUT2D eigenvalue weighted by molar-refractivity contribution is 5.91. The maximum atomic E-state index is 11.7. The van der Waals surface area contributed by atoms with Crippen molar-refractivity contribution in [1.29, 1.82) is 0 Å². The highest BCUT2D eigenvalue weighted by Gasteiger charge is 2.18. The minimum absolute atomic E-state index is 0.197. The van der Waals surface area contributed by atoms with E-state index in [1.807, 2.05) is 13.8 Å². The smallest absolute Gasteiger partial charge is 0.273 e. The molecule has 0 aliphatic rings. The molecule has 1 rings (SSSR count). The molecule has 5 heteroatoms. The van der Waals surface area contributed by atoms with E-state index in [1.54, 1.807) is 0 Å². The molecule has 0 aromatic carbocycles. The Morgan fingerprint density at radius 2 is 2.22 bits per heavy atom. The van der Waals surface area contributed by atoms with Crippen molar-refractivity contribution >= 4 is 5.91 Å². The SMILES string of the molecule is CCCCCNC(=O)c1coc(C(N)C(C)C)n1. The van der Waals surface area contributed by atoms with Crippen LogP contribution in [0.25, 0.3) is 0 Å². The molecule has 102 valence electrons. The first-order valence-corrected chi connectivity index (χ1v) is 6.55. The number of oxazole rings is 1. The lowest BCUT2D eigenvalue weighted by molar-refractivity contribution is 0.0948. The molecule has 1 aromatic rings. The van der Waals surface area contributed by atoms with Gasteiger partial charge in [-0.15, -0.1) is 0 Å². The molecular weight excluding hydrogens is 230 g/mol. The van der Waals surface area contributed by atoms with Gasteiger partial charge in [0, 0.05) is 6.54 Å². The standard InChI is InChI=1S/C13H23N3O2/c1-4-5-6-7-15-12(17)10-8-18-13(16-10)11(14)9(2)3/h8-9,11H,4-7,14H2,1-3H3,(H,15,17). The molecule has 0 fully saturated rings. The van der Waals surface area contributed by atoms with Gasteiger partial charge in [-0.1, -0.05) is 33.6 Å². The summed E-state index contributed by atoms with van der Waals surface area (Å²) < 4.78 is 5.24. The topological polar surface area (TPSA) is 81.2 Å². The zero-order valence-corrected chi connectivity index (χ0v) is 11.4. The van der Waals surface area contributed by atoms with E-state index in [9.17, 15) is 4.79 Å². The zero-order valence-electron chi connectivity index (χ0n) is 11.4. The summed E-state index contributed by atoms with van der Waals surface area (Å²) in [6.45, 7) is 6.77. The van der Waals surface area contributed by atoms with Crippen LogP contribution in [0.15, 0.2) is 10.7 Å². The van der Waals surface area contributed by atoms with Crippen molar-refractivity contribution in [1.82, 2.24) is 10.3 Å². The zero-order chi connectivity index (χ0) is 13.5. The molecule has 1 unspecified atom stereocenters. The quantitative estimate of drug-likeness (QED) is 0.730. The van der Waals surface area contributed by atoms with Gasteiger partial charge in [0.2, 0.25) is 5.89 Å². The fourth-order valence-corrected chi connectivity index (χ4v) is 1.50. The minimum Gasteiger partial charge on any atom is -0.446 e. The molecule has 1 heterocycles. The number of amides is 1. The molecule has 0 aliphatic heterocycles. The number of nitrogens with one attached hydrogen (secondary N) is 1. The van der Waals surface area contributed by atoms with E-state index in [4.69, 9.17) is 10.2 Å². The van der Waals surface area contributed by atoms with Crippen molar-refractivity contribution in [3.63, 3.8) is 0 Å². The van der Waals surface area contributed by atoms with Gasteiger partial charge >= 0.3 is 0 Å². The van der Waals surface area contributed by atoms with Crippen LogP contribution >= 0.6 is 0 Å². The molecule has 0 bridgehead atoms. The van der Waals surface area contributed by atoms with E-state index >= 15 is 0 Å². The minimum atomic E-state index is -0.272. The summed E-state index contributed by atoms with van der Waals surface area (Å²) in [5.41, 5.74) is 6.21. The summed E-state index contributed by atoms with van der Waals surface area (Å²) in [7, 11) is 0. The Kier molecular flexibility index (Phi) is 5.85. The van der Waals surface area contributed by atoms with E-state index in [-0.39, 0.29) is 17.9 Å². The third kappa shape index (κ3) is 4.14. The molecule has 0 radical (unpaired) electrons. The number of carbonyl (C=O) groups excluding carboxylic acids is 1. The lowest BCUT2D eigenvalue weighted by Crippen LogP contribution is -2.25. The van der Waals surface area contributed by atoms with Crippen LogP contribution in [0.2, 0.25) is 0 Å². The second-order valence-electron chi connectivity index (χ2n) is 4.80. The molecule has 1 aromatic heterocycles. The van der Waals surface area contributed by atoms with Crippen molar-refractivity contribution in [2.75, 3.05) is 6.54 Å². The van der Waals surface area contributed by atoms with Gasteiger partial charge in [0.1, 0.15) is 6.26 Å². The molecule has 0 saturated heterocycles. The molecule has 5 nitrogen and oxygen atoms in total. The monoisotopic (exact) mass is 253 g/mol. The summed E-state index contributed by atoms with van der Waals surface area (Å²) in [4.78, 5) is 15.9. The number of rotatable bonds is 7. The van der Waals surface area contributed by atoms with Gasteiger partial charge in [-0.2, -0.15) is 0 Å². The van der Waals surface area contributed by atoms with Gasteiger partial charge in [0.25, 0.3) is 5.91 Å². The van der Waals surface area contributed by atoms with Crippen LogP contribution < -0.4 is 11.1 Å². The van der Waals surface area contributed by atoms with Crippen LogP contribution in [0, 0.1) is 5.92 Å². The number of aromatic nitrogens is 1. The fourth-order valence-electron chi connectivity index (χ4n) is 1.50. The molecule has 18 heavy (non-hydrogen) atoms. The predicted molar refractivity (Wildman–Crippen MR) is 70.1 cm³/mol. The van der Waals surface area contributed by atoms with Gasteiger partial charge in [-0.3, -0.25) is 4.79 Å². The number of hydrogen-bond donors (Lipinski definition) is 2. The number of unbranched alkanes of at least 4 members (excludes halogenated alkanes) is 2. The average molecular weight is 253 g/mol. The second-order valence-corrected chi connectivity index (χ2v) is 4.80. The van der Waals surface area contributed by atoms with Crippen LogP contribution in [0.3, 0.4) is 0 Å².